The Kier molecular flexibility index (Phi) is 3.96. The molecule has 0 radical (unpaired) electrons. The summed E-state index contributed by atoms with van der Waals surface area (Å²) in [5.41, 5.74) is 3.49. The number of hydrogen-bond donors (Lipinski definition) is 2. The standard InChI is InChI=1S/C14H14F2N4S/c15-12-2-1-3-13(16)11(12)7-9(19-17)6-10-8-20-4-5-21-14(20)18-10/h1-5,8-9,19H,6-7,17H2. The van der Waals surface area contributed by atoms with Crippen LogP contribution in [-0.2, 0) is 12.8 Å². The van der Waals surface area contributed by atoms with Crippen LogP contribution >= 0.6 is 11.3 Å². The Morgan fingerprint density at radius 1 is 1.29 bits per heavy atom. The van der Waals surface area contributed by atoms with E-state index in [0.717, 1.165) is 10.7 Å². The molecular weight excluding hydrogens is 294 g/mol. The number of rotatable bonds is 5. The Morgan fingerprint density at radius 2 is 2.05 bits per heavy atom. The number of nitrogens with one attached hydrogen (secondary N) is 1. The van der Waals surface area contributed by atoms with Gasteiger partial charge in [0.25, 0.3) is 0 Å². The molecule has 0 bridgehead atoms. The summed E-state index contributed by atoms with van der Waals surface area (Å²) in [7, 11) is 0. The maximum Gasteiger partial charge on any atom is 0.193 e. The fraction of sp³-hybridized carbons (Fsp3) is 0.214. The minimum absolute atomic E-state index is 0.0430. The molecule has 1 atom stereocenters. The zero-order chi connectivity index (χ0) is 14.8. The highest BCUT2D eigenvalue weighted by Gasteiger charge is 2.16. The molecule has 7 heteroatoms. The number of thiazole rings is 1. The average Bonchev–Trinajstić information content (AvgIpc) is 3.02. The molecule has 110 valence electrons. The van der Waals surface area contributed by atoms with Gasteiger partial charge in [-0.05, 0) is 18.6 Å². The maximum atomic E-state index is 13.7. The lowest BCUT2D eigenvalue weighted by atomic mass is 10.0. The van der Waals surface area contributed by atoms with E-state index in [0.29, 0.717) is 6.42 Å². The molecule has 0 spiro atoms. The van der Waals surface area contributed by atoms with Gasteiger partial charge in [0.1, 0.15) is 11.6 Å². The summed E-state index contributed by atoms with van der Waals surface area (Å²) < 4.78 is 29.3. The third-order valence-electron chi connectivity index (χ3n) is 3.35. The number of hydrazine groups is 1. The molecule has 0 aliphatic heterocycles. The van der Waals surface area contributed by atoms with Gasteiger partial charge in [-0.15, -0.1) is 11.3 Å². The molecule has 0 amide bonds. The highest BCUT2D eigenvalue weighted by Crippen LogP contribution is 2.17. The van der Waals surface area contributed by atoms with E-state index >= 15 is 0 Å². The number of benzene rings is 1. The summed E-state index contributed by atoms with van der Waals surface area (Å²) in [5.74, 6) is 4.40. The molecular formula is C14H14F2N4S. The van der Waals surface area contributed by atoms with Crippen molar-refractivity contribution in [2.75, 3.05) is 0 Å². The Labute approximate surface area is 124 Å². The molecule has 0 aliphatic carbocycles. The van der Waals surface area contributed by atoms with E-state index in [1.807, 2.05) is 22.2 Å². The molecule has 3 aromatic rings. The summed E-state index contributed by atoms with van der Waals surface area (Å²) in [6.45, 7) is 0. The lowest BCUT2D eigenvalue weighted by Gasteiger charge is -2.15. The highest BCUT2D eigenvalue weighted by molar-refractivity contribution is 7.15. The molecule has 1 unspecified atom stereocenters. The number of imidazole rings is 1. The van der Waals surface area contributed by atoms with Gasteiger partial charge >= 0.3 is 0 Å². The van der Waals surface area contributed by atoms with Gasteiger partial charge in [0, 0.05) is 35.8 Å². The Hall–Kier alpha value is -1.83. The van der Waals surface area contributed by atoms with E-state index < -0.39 is 11.6 Å². The lowest BCUT2D eigenvalue weighted by molar-refractivity contribution is 0.482. The molecule has 2 heterocycles. The lowest BCUT2D eigenvalue weighted by Crippen LogP contribution is -2.39. The first-order valence-corrected chi connectivity index (χ1v) is 7.35. The van der Waals surface area contributed by atoms with Crippen LogP contribution in [0.25, 0.3) is 4.96 Å². The Balaban J connectivity index is 1.77. The van der Waals surface area contributed by atoms with Crippen LogP contribution in [0.1, 0.15) is 11.3 Å². The van der Waals surface area contributed by atoms with E-state index in [-0.39, 0.29) is 18.0 Å². The molecule has 3 N–H and O–H groups in total. The number of nitrogens with two attached hydrogens (primary N) is 1. The Bertz CT molecular complexity index is 704. The van der Waals surface area contributed by atoms with Crippen molar-refractivity contribution in [1.82, 2.24) is 14.8 Å². The van der Waals surface area contributed by atoms with Crippen molar-refractivity contribution < 1.29 is 8.78 Å². The number of hydrogen-bond acceptors (Lipinski definition) is 4. The van der Waals surface area contributed by atoms with Crippen LogP contribution in [0.2, 0.25) is 0 Å². The SMILES string of the molecule is NNC(Cc1cn2ccsc2n1)Cc1c(F)cccc1F. The van der Waals surface area contributed by atoms with Crippen LogP contribution in [0.3, 0.4) is 0 Å². The molecule has 0 aliphatic rings. The zero-order valence-electron chi connectivity index (χ0n) is 11.1. The smallest absolute Gasteiger partial charge is 0.193 e. The van der Waals surface area contributed by atoms with Crippen molar-refractivity contribution in [2.45, 2.75) is 18.9 Å². The van der Waals surface area contributed by atoms with E-state index in [1.165, 1.54) is 29.5 Å². The molecule has 1 aromatic carbocycles. The van der Waals surface area contributed by atoms with Crippen LogP contribution in [0, 0.1) is 11.6 Å². The molecule has 0 saturated heterocycles. The summed E-state index contributed by atoms with van der Waals surface area (Å²) >= 11 is 1.53. The largest absolute Gasteiger partial charge is 0.297 e. The van der Waals surface area contributed by atoms with Gasteiger partial charge in [-0.3, -0.25) is 15.7 Å². The number of fused-ring (bicyclic) bond motifs is 1. The monoisotopic (exact) mass is 308 g/mol. The van der Waals surface area contributed by atoms with Gasteiger partial charge < -0.3 is 0 Å². The van der Waals surface area contributed by atoms with E-state index in [1.54, 1.807) is 0 Å². The van der Waals surface area contributed by atoms with Crippen LogP contribution in [0.15, 0.2) is 36.0 Å². The van der Waals surface area contributed by atoms with Crippen molar-refractivity contribution in [2.24, 2.45) is 5.84 Å². The van der Waals surface area contributed by atoms with Crippen LogP contribution in [0.5, 0.6) is 0 Å². The van der Waals surface area contributed by atoms with Gasteiger partial charge in [-0.25, -0.2) is 13.8 Å². The molecule has 4 nitrogen and oxygen atoms in total. The third kappa shape index (κ3) is 2.94. The summed E-state index contributed by atoms with van der Waals surface area (Å²) in [5, 5.41) is 1.94. The highest BCUT2D eigenvalue weighted by atomic mass is 32.1. The fourth-order valence-electron chi connectivity index (χ4n) is 2.29. The second-order valence-corrected chi connectivity index (χ2v) is 5.67. The van der Waals surface area contributed by atoms with E-state index in [2.05, 4.69) is 10.4 Å². The quantitative estimate of drug-likeness (QED) is 0.562. The van der Waals surface area contributed by atoms with E-state index in [9.17, 15) is 8.78 Å². The number of nitrogens with zero attached hydrogens (tertiary/aromatic N) is 2. The zero-order valence-corrected chi connectivity index (χ0v) is 11.9. The minimum Gasteiger partial charge on any atom is -0.297 e. The van der Waals surface area contributed by atoms with Crippen molar-refractivity contribution >= 4 is 16.3 Å². The van der Waals surface area contributed by atoms with Gasteiger partial charge in [0.15, 0.2) is 4.96 Å². The predicted molar refractivity (Wildman–Crippen MR) is 77.9 cm³/mol. The third-order valence-corrected chi connectivity index (χ3v) is 4.12. The van der Waals surface area contributed by atoms with Crippen molar-refractivity contribution in [1.29, 1.82) is 0 Å². The molecule has 2 aromatic heterocycles. The summed E-state index contributed by atoms with van der Waals surface area (Å²) in [6.07, 6.45) is 4.48. The normalized spacial score (nSPS) is 12.9. The fourth-order valence-corrected chi connectivity index (χ4v) is 3.01. The summed E-state index contributed by atoms with van der Waals surface area (Å²) in [4.78, 5) is 5.33. The summed E-state index contributed by atoms with van der Waals surface area (Å²) in [6, 6.07) is 3.56. The van der Waals surface area contributed by atoms with Gasteiger partial charge in [-0.1, -0.05) is 6.07 Å². The number of aromatic nitrogens is 2. The number of halogens is 2. The Morgan fingerprint density at radius 3 is 2.71 bits per heavy atom. The second kappa shape index (κ2) is 5.88. The predicted octanol–water partition coefficient (Wildman–Crippen LogP) is 2.29. The molecule has 0 fully saturated rings. The first-order chi connectivity index (χ1) is 10.2. The molecule has 3 rings (SSSR count). The van der Waals surface area contributed by atoms with Crippen molar-refractivity contribution in [3.8, 4) is 0 Å². The first-order valence-electron chi connectivity index (χ1n) is 6.47. The maximum absolute atomic E-state index is 13.7. The topological polar surface area (TPSA) is 55.3 Å². The van der Waals surface area contributed by atoms with Gasteiger partial charge in [0.05, 0.1) is 5.69 Å². The second-order valence-electron chi connectivity index (χ2n) is 4.80. The van der Waals surface area contributed by atoms with Crippen LogP contribution in [0.4, 0.5) is 8.78 Å². The van der Waals surface area contributed by atoms with E-state index in [4.69, 9.17) is 5.84 Å². The molecule has 21 heavy (non-hydrogen) atoms. The average molecular weight is 308 g/mol. The first kappa shape index (κ1) is 14.1. The van der Waals surface area contributed by atoms with Crippen molar-refractivity contribution in [3.05, 3.63) is 58.9 Å². The van der Waals surface area contributed by atoms with Crippen molar-refractivity contribution in [3.63, 3.8) is 0 Å². The molecule has 0 saturated carbocycles. The minimum atomic E-state index is -0.555. The van der Waals surface area contributed by atoms with Crippen LogP contribution < -0.4 is 11.3 Å². The van der Waals surface area contributed by atoms with Gasteiger partial charge in [-0.2, -0.15) is 0 Å². The van der Waals surface area contributed by atoms with Gasteiger partial charge in [0.2, 0.25) is 0 Å². The van der Waals surface area contributed by atoms with Crippen LogP contribution in [-0.4, -0.2) is 15.4 Å².